The lowest BCUT2D eigenvalue weighted by Gasteiger charge is -2.39. The zero-order valence-corrected chi connectivity index (χ0v) is 11.3. The molecule has 1 saturated carbocycles. The highest BCUT2D eigenvalue weighted by molar-refractivity contribution is 5.81. The van der Waals surface area contributed by atoms with Crippen LogP contribution in [0.1, 0.15) is 46.0 Å². The molecule has 0 aromatic rings. The standard InChI is InChI=1S/C13H25NO3/c1-4-9-14-13(12(15)17-5-2)8-6-7-11(10-13)16-3/h11,14H,4-10H2,1-3H3. The van der Waals surface area contributed by atoms with Gasteiger partial charge in [0.05, 0.1) is 12.7 Å². The first-order chi connectivity index (χ1) is 8.18. The number of hydrogen-bond acceptors (Lipinski definition) is 4. The maximum atomic E-state index is 12.1. The topological polar surface area (TPSA) is 47.6 Å². The molecule has 17 heavy (non-hydrogen) atoms. The van der Waals surface area contributed by atoms with Crippen LogP contribution in [0.2, 0.25) is 0 Å². The fourth-order valence-electron chi connectivity index (χ4n) is 2.48. The van der Waals surface area contributed by atoms with Gasteiger partial charge in [0.25, 0.3) is 0 Å². The summed E-state index contributed by atoms with van der Waals surface area (Å²) in [7, 11) is 1.71. The molecule has 0 heterocycles. The quantitative estimate of drug-likeness (QED) is 0.724. The third kappa shape index (κ3) is 3.68. The molecule has 1 rings (SSSR count). The minimum atomic E-state index is -0.523. The van der Waals surface area contributed by atoms with Crippen molar-refractivity contribution < 1.29 is 14.3 Å². The molecule has 2 atom stereocenters. The Hall–Kier alpha value is -0.610. The van der Waals surface area contributed by atoms with Gasteiger partial charge in [-0.25, -0.2) is 0 Å². The smallest absolute Gasteiger partial charge is 0.326 e. The van der Waals surface area contributed by atoms with Crippen LogP contribution in [-0.4, -0.2) is 37.9 Å². The van der Waals surface area contributed by atoms with Crippen LogP contribution in [0.15, 0.2) is 0 Å². The molecule has 0 aromatic carbocycles. The molecular weight excluding hydrogens is 218 g/mol. The number of carbonyl (C=O) groups is 1. The Morgan fingerprint density at radius 1 is 1.47 bits per heavy atom. The summed E-state index contributed by atoms with van der Waals surface area (Å²) in [4.78, 5) is 12.1. The average molecular weight is 243 g/mol. The lowest BCUT2D eigenvalue weighted by Crippen LogP contribution is -2.57. The Labute approximate surface area is 104 Å². The Morgan fingerprint density at radius 3 is 2.82 bits per heavy atom. The molecular formula is C13H25NO3. The van der Waals surface area contributed by atoms with E-state index in [-0.39, 0.29) is 12.1 Å². The van der Waals surface area contributed by atoms with Crippen molar-refractivity contribution in [3.05, 3.63) is 0 Å². The molecule has 0 saturated heterocycles. The summed E-state index contributed by atoms with van der Waals surface area (Å²) in [6, 6.07) is 0. The molecule has 0 bridgehead atoms. The summed E-state index contributed by atoms with van der Waals surface area (Å²) >= 11 is 0. The highest BCUT2D eigenvalue weighted by Crippen LogP contribution is 2.31. The Balaban J connectivity index is 2.73. The van der Waals surface area contributed by atoms with Gasteiger partial charge in [-0.15, -0.1) is 0 Å². The van der Waals surface area contributed by atoms with Crippen molar-refractivity contribution in [2.24, 2.45) is 0 Å². The number of esters is 1. The zero-order valence-electron chi connectivity index (χ0n) is 11.3. The Kier molecular flexibility index (Phi) is 5.92. The van der Waals surface area contributed by atoms with Crippen LogP contribution < -0.4 is 5.32 Å². The molecule has 0 radical (unpaired) electrons. The van der Waals surface area contributed by atoms with Crippen LogP contribution in [-0.2, 0) is 14.3 Å². The minimum absolute atomic E-state index is 0.116. The van der Waals surface area contributed by atoms with E-state index in [1.807, 2.05) is 6.92 Å². The molecule has 1 N–H and O–H groups in total. The maximum absolute atomic E-state index is 12.1. The van der Waals surface area contributed by atoms with Crippen LogP contribution in [0, 0.1) is 0 Å². The van der Waals surface area contributed by atoms with E-state index in [0.717, 1.165) is 38.6 Å². The Bertz CT molecular complexity index is 245. The fourth-order valence-corrected chi connectivity index (χ4v) is 2.48. The lowest BCUT2D eigenvalue weighted by molar-refractivity contribution is -0.155. The second kappa shape index (κ2) is 6.97. The molecule has 1 aliphatic rings. The van der Waals surface area contributed by atoms with Crippen molar-refractivity contribution in [1.29, 1.82) is 0 Å². The second-order valence-corrected chi connectivity index (χ2v) is 4.68. The van der Waals surface area contributed by atoms with Crippen LogP contribution >= 0.6 is 0 Å². The van der Waals surface area contributed by atoms with Crippen molar-refractivity contribution in [2.75, 3.05) is 20.3 Å². The average Bonchev–Trinajstić information content (AvgIpc) is 2.37. The summed E-state index contributed by atoms with van der Waals surface area (Å²) in [6.45, 7) is 5.23. The summed E-state index contributed by atoms with van der Waals surface area (Å²) in [6.07, 6.45) is 4.80. The van der Waals surface area contributed by atoms with E-state index < -0.39 is 5.54 Å². The van der Waals surface area contributed by atoms with E-state index in [1.165, 1.54) is 0 Å². The van der Waals surface area contributed by atoms with Crippen molar-refractivity contribution >= 4 is 5.97 Å². The molecule has 100 valence electrons. The molecule has 2 unspecified atom stereocenters. The number of methoxy groups -OCH3 is 1. The number of ether oxygens (including phenoxy) is 2. The fraction of sp³-hybridized carbons (Fsp3) is 0.923. The minimum Gasteiger partial charge on any atom is -0.465 e. The summed E-state index contributed by atoms with van der Waals surface area (Å²) in [5.74, 6) is -0.116. The van der Waals surface area contributed by atoms with E-state index in [4.69, 9.17) is 9.47 Å². The molecule has 1 fully saturated rings. The number of hydrogen-bond donors (Lipinski definition) is 1. The van der Waals surface area contributed by atoms with Gasteiger partial charge in [-0.2, -0.15) is 0 Å². The summed E-state index contributed by atoms with van der Waals surface area (Å²) < 4.78 is 10.6. The predicted octanol–water partition coefficient (Wildman–Crippen LogP) is 1.88. The summed E-state index contributed by atoms with van der Waals surface area (Å²) in [5.41, 5.74) is -0.523. The van der Waals surface area contributed by atoms with Crippen LogP contribution in [0.25, 0.3) is 0 Å². The Morgan fingerprint density at radius 2 is 2.24 bits per heavy atom. The van der Waals surface area contributed by atoms with E-state index in [1.54, 1.807) is 7.11 Å². The van der Waals surface area contributed by atoms with Gasteiger partial charge >= 0.3 is 5.97 Å². The second-order valence-electron chi connectivity index (χ2n) is 4.68. The third-order valence-corrected chi connectivity index (χ3v) is 3.42. The van der Waals surface area contributed by atoms with Gasteiger partial charge in [0.2, 0.25) is 0 Å². The zero-order chi connectivity index (χ0) is 12.7. The molecule has 0 spiro atoms. The molecule has 0 amide bonds. The largest absolute Gasteiger partial charge is 0.465 e. The number of nitrogens with one attached hydrogen (secondary N) is 1. The van der Waals surface area contributed by atoms with Crippen LogP contribution in [0.3, 0.4) is 0 Å². The van der Waals surface area contributed by atoms with Gasteiger partial charge in [0, 0.05) is 13.5 Å². The normalized spacial score (nSPS) is 29.0. The maximum Gasteiger partial charge on any atom is 0.326 e. The van der Waals surface area contributed by atoms with Crippen molar-refractivity contribution in [1.82, 2.24) is 5.32 Å². The van der Waals surface area contributed by atoms with Gasteiger partial charge in [-0.05, 0) is 39.2 Å². The van der Waals surface area contributed by atoms with Gasteiger partial charge < -0.3 is 14.8 Å². The SMILES string of the molecule is CCCNC1(C(=O)OCC)CCCC(OC)C1. The van der Waals surface area contributed by atoms with Gasteiger partial charge in [0.15, 0.2) is 0 Å². The predicted molar refractivity (Wildman–Crippen MR) is 66.9 cm³/mol. The molecule has 0 aromatic heterocycles. The monoisotopic (exact) mass is 243 g/mol. The van der Waals surface area contributed by atoms with E-state index in [9.17, 15) is 4.79 Å². The number of carbonyl (C=O) groups excluding carboxylic acids is 1. The van der Waals surface area contributed by atoms with Gasteiger partial charge in [0.1, 0.15) is 5.54 Å². The first-order valence-corrected chi connectivity index (χ1v) is 6.63. The van der Waals surface area contributed by atoms with Crippen molar-refractivity contribution in [3.63, 3.8) is 0 Å². The first-order valence-electron chi connectivity index (χ1n) is 6.63. The van der Waals surface area contributed by atoms with Crippen molar-refractivity contribution in [2.45, 2.75) is 57.6 Å². The van der Waals surface area contributed by atoms with Crippen molar-refractivity contribution in [3.8, 4) is 0 Å². The molecule has 4 heteroatoms. The lowest BCUT2D eigenvalue weighted by atomic mass is 9.80. The summed E-state index contributed by atoms with van der Waals surface area (Å²) in [5, 5.41) is 3.38. The molecule has 1 aliphatic carbocycles. The van der Waals surface area contributed by atoms with E-state index in [0.29, 0.717) is 6.61 Å². The van der Waals surface area contributed by atoms with E-state index in [2.05, 4.69) is 12.2 Å². The molecule has 4 nitrogen and oxygen atoms in total. The highest BCUT2D eigenvalue weighted by Gasteiger charge is 2.43. The highest BCUT2D eigenvalue weighted by atomic mass is 16.5. The van der Waals surface area contributed by atoms with Crippen LogP contribution in [0.5, 0.6) is 0 Å². The van der Waals surface area contributed by atoms with Gasteiger partial charge in [-0.1, -0.05) is 6.92 Å². The van der Waals surface area contributed by atoms with Crippen LogP contribution in [0.4, 0.5) is 0 Å². The van der Waals surface area contributed by atoms with E-state index >= 15 is 0 Å². The first kappa shape index (κ1) is 14.5. The van der Waals surface area contributed by atoms with Gasteiger partial charge in [-0.3, -0.25) is 4.79 Å². The number of rotatable bonds is 6. The molecule has 0 aliphatic heterocycles. The third-order valence-electron chi connectivity index (χ3n) is 3.42.